The molecule has 286 valence electrons. The lowest BCUT2D eigenvalue weighted by atomic mass is 9.63. The standard InChI is InChI=1S/C57H47NO/c1-55(2)32-33-56(3,4)51-34-38(28-31-49(51)55)46-36-47-43-24-14-16-26-48(43)57(39-18-8-5-9-19-39,40-20-10-6-11-21-40)50(47)37-52(46)58(41-22-12-7-13-23-41)42-29-30-45-44-25-15-17-27-53(44)59-54(45)35-42/h5-31,34-37H,32-33H2,1-4H3. The molecule has 0 fully saturated rings. The Bertz CT molecular complexity index is 3010. The predicted octanol–water partition coefficient (Wildman–Crippen LogP) is 15.4. The average molecular weight is 762 g/mol. The molecule has 2 aliphatic rings. The molecule has 59 heavy (non-hydrogen) atoms. The van der Waals surface area contributed by atoms with E-state index in [0.717, 1.165) is 45.4 Å². The molecule has 0 spiro atoms. The predicted molar refractivity (Wildman–Crippen MR) is 246 cm³/mol. The second-order valence-corrected chi connectivity index (χ2v) is 17.9. The molecule has 0 amide bonds. The average Bonchev–Trinajstić information content (AvgIpc) is 3.79. The third-order valence-electron chi connectivity index (χ3n) is 13.6. The normalized spacial score (nSPS) is 15.7. The number of hydrogen-bond donors (Lipinski definition) is 0. The van der Waals surface area contributed by atoms with E-state index in [-0.39, 0.29) is 10.8 Å². The number of furan rings is 1. The molecule has 0 unspecified atom stereocenters. The first-order valence-electron chi connectivity index (χ1n) is 21.1. The van der Waals surface area contributed by atoms with E-state index in [1.165, 1.54) is 62.1 Å². The van der Waals surface area contributed by atoms with Crippen LogP contribution in [0.1, 0.15) is 73.9 Å². The smallest absolute Gasteiger partial charge is 0.137 e. The van der Waals surface area contributed by atoms with Crippen molar-refractivity contribution in [3.63, 3.8) is 0 Å². The summed E-state index contributed by atoms with van der Waals surface area (Å²) >= 11 is 0. The van der Waals surface area contributed by atoms with E-state index in [1.807, 2.05) is 6.07 Å². The molecule has 0 N–H and O–H groups in total. The number of anilines is 3. The highest BCUT2D eigenvalue weighted by Crippen LogP contribution is 2.59. The maximum absolute atomic E-state index is 6.57. The van der Waals surface area contributed by atoms with Crippen molar-refractivity contribution in [3.8, 4) is 22.3 Å². The maximum Gasteiger partial charge on any atom is 0.137 e. The first-order valence-corrected chi connectivity index (χ1v) is 21.1. The van der Waals surface area contributed by atoms with E-state index in [2.05, 4.69) is 215 Å². The van der Waals surface area contributed by atoms with Crippen molar-refractivity contribution in [1.29, 1.82) is 0 Å². The fraction of sp³-hybridized carbons (Fsp3) is 0.158. The lowest BCUT2D eigenvalue weighted by Gasteiger charge is -2.42. The number of nitrogens with zero attached hydrogens (tertiary/aromatic N) is 1. The van der Waals surface area contributed by atoms with Crippen LogP contribution < -0.4 is 4.90 Å². The molecule has 0 radical (unpaired) electrons. The van der Waals surface area contributed by atoms with Gasteiger partial charge in [-0.1, -0.05) is 167 Å². The number of hydrogen-bond acceptors (Lipinski definition) is 2. The Balaban J connectivity index is 1.26. The van der Waals surface area contributed by atoms with Crippen LogP contribution in [0, 0.1) is 0 Å². The first-order chi connectivity index (χ1) is 28.7. The summed E-state index contributed by atoms with van der Waals surface area (Å²) in [5.41, 5.74) is 17.6. The van der Waals surface area contributed by atoms with E-state index < -0.39 is 5.41 Å². The zero-order valence-corrected chi connectivity index (χ0v) is 34.2. The Morgan fingerprint density at radius 1 is 0.407 bits per heavy atom. The van der Waals surface area contributed by atoms with Gasteiger partial charge in [-0.2, -0.15) is 0 Å². The fourth-order valence-electron chi connectivity index (χ4n) is 10.5. The van der Waals surface area contributed by atoms with Gasteiger partial charge in [-0.15, -0.1) is 0 Å². The topological polar surface area (TPSA) is 16.4 Å². The highest BCUT2D eigenvalue weighted by Gasteiger charge is 2.47. The Morgan fingerprint density at radius 3 is 1.75 bits per heavy atom. The second-order valence-electron chi connectivity index (χ2n) is 17.9. The Hall–Kier alpha value is -6.64. The van der Waals surface area contributed by atoms with Gasteiger partial charge in [-0.3, -0.25) is 0 Å². The van der Waals surface area contributed by atoms with Crippen LogP contribution in [0.4, 0.5) is 17.1 Å². The first kappa shape index (κ1) is 35.5. The molecule has 9 aromatic rings. The van der Waals surface area contributed by atoms with Crippen molar-refractivity contribution in [1.82, 2.24) is 0 Å². The van der Waals surface area contributed by atoms with Crippen molar-refractivity contribution >= 4 is 39.0 Å². The van der Waals surface area contributed by atoms with Crippen molar-refractivity contribution in [2.75, 3.05) is 4.90 Å². The third-order valence-corrected chi connectivity index (χ3v) is 13.6. The van der Waals surface area contributed by atoms with Crippen LogP contribution in [-0.4, -0.2) is 0 Å². The summed E-state index contributed by atoms with van der Waals surface area (Å²) in [6.07, 6.45) is 2.34. The minimum Gasteiger partial charge on any atom is -0.456 e. The summed E-state index contributed by atoms with van der Waals surface area (Å²) in [6, 6.07) is 69.6. The molecule has 0 bridgehead atoms. The quantitative estimate of drug-likeness (QED) is 0.168. The Kier molecular flexibility index (Phi) is 7.94. The third kappa shape index (κ3) is 5.39. The van der Waals surface area contributed by atoms with Gasteiger partial charge in [0, 0.05) is 33.8 Å². The minimum atomic E-state index is -0.547. The van der Waals surface area contributed by atoms with Gasteiger partial charge in [-0.05, 0) is 116 Å². The van der Waals surface area contributed by atoms with E-state index in [1.54, 1.807) is 0 Å². The molecule has 8 aromatic carbocycles. The Labute approximate surface area is 347 Å². The summed E-state index contributed by atoms with van der Waals surface area (Å²) in [7, 11) is 0. The summed E-state index contributed by atoms with van der Waals surface area (Å²) in [5, 5.41) is 2.25. The van der Waals surface area contributed by atoms with Crippen molar-refractivity contribution in [2.24, 2.45) is 0 Å². The van der Waals surface area contributed by atoms with E-state index in [0.29, 0.717) is 0 Å². The van der Waals surface area contributed by atoms with Crippen LogP contribution >= 0.6 is 0 Å². The van der Waals surface area contributed by atoms with E-state index in [4.69, 9.17) is 4.42 Å². The van der Waals surface area contributed by atoms with Gasteiger partial charge >= 0.3 is 0 Å². The molecule has 1 aromatic heterocycles. The maximum atomic E-state index is 6.57. The lowest BCUT2D eigenvalue weighted by Crippen LogP contribution is -2.33. The number of para-hydroxylation sites is 2. The van der Waals surface area contributed by atoms with Crippen molar-refractivity contribution in [3.05, 3.63) is 221 Å². The van der Waals surface area contributed by atoms with Crippen LogP contribution in [0.3, 0.4) is 0 Å². The highest BCUT2D eigenvalue weighted by atomic mass is 16.3. The number of fused-ring (bicyclic) bond motifs is 7. The minimum absolute atomic E-state index is 0.0611. The van der Waals surface area contributed by atoms with Gasteiger partial charge in [0.2, 0.25) is 0 Å². The van der Waals surface area contributed by atoms with Gasteiger partial charge in [0.05, 0.1) is 11.1 Å². The van der Waals surface area contributed by atoms with Gasteiger partial charge in [0.15, 0.2) is 0 Å². The largest absolute Gasteiger partial charge is 0.456 e. The summed E-state index contributed by atoms with van der Waals surface area (Å²) in [6.45, 7) is 9.68. The van der Waals surface area contributed by atoms with Crippen LogP contribution in [0.5, 0.6) is 0 Å². The van der Waals surface area contributed by atoms with Crippen LogP contribution in [0.25, 0.3) is 44.2 Å². The van der Waals surface area contributed by atoms with Gasteiger partial charge in [0.1, 0.15) is 11.2 Å². The van der Waals surface area contributed by atoms with Gasteiger partial charge < -0.3 is 9.32 Å². The lowest BCUT2D eigenvalue weighted by molar-refractivity contribution is 0.332. The monoisotopic (exact) mass is 761 g/mol. The molecule has 0 saturated heterocycles. The van der Waals surface area contributed by atoms with Crippen molar-refractivity contribution < 1.29 is 4.42 Å². The number of benzene rings is 8. The molecule has 0 atom stereocenters. The number of rotatable bonds is 6. The van der Waals surface area contributed by atoms with Crippen LogP contribution in [0.15, 0.2) is 192 Å². The Morgan fingerprint density at radius 2 is 1.02 bits per heavy atom. The van der Waals surface area contributed by atoms with Crippen LogP contribution in [0.2, 0.25) is 0 Å². The SMILES string of the molecule is CC1(C)CCC(C)(C)c2cc(-c3cc4c(cc3N(c3ccccc3)c3ccc5c(c3)oc3ccccc35)C(c3ccccc3)(c3ccccc3)c3ccccc3-4)ccc21. The van der Waals surface area contributed by atoms with Gasteiger partial charge in [0.25, 0.3) is 0 Å². The summed E-state index contributed by atoms with van der Waals surface area (Å²) < 4.78 is 6.57. The summed E-state index contributed by atoms with van der Waals surface area (Å²) in [5.74, 6) is 0. The summed E-state index contributed by atoms with van der Waals surface area (Å²) in [4.78, 5) is 2.46. The molecule has 0 saturated carbocycles. The fourth-order valence-corrected chi connectivity index (χ4v) is 10.5. The molecule has 0 aliphatic heterocycles. The molecule has 11 rings (SSSR count). The highest BCUT2D eigenvalue weighted by molar-refractivity contribution is 6.06. The molecular weight excluding hydrogens is 715 g/mol. The van der Waals surface area contributed by atoms with E-state index >= 15 is 0 Å². The molecule has 2 heteroatoms. The van der Waals surface area contributed by atoms with Gasteiger partial charge in [-0.25, -0.2) is 0 Å². The molecule has 1 heterocycles. The molecule has 2 nitrogen and oxygen atoms in total. The molecular formula is C57H47NO. The zero-order chi connectivity index (χ0) is 39.9. The second kappa shape index (κ2) is 13.2. The zero-order valence-electron chi connectivity index (χ0n) is 34.2. The van der Waals surface area contributed by atoms with Crippen LogP contribution in [-0.2, 0) is 16.2 Å². The molecule has 2 aliphatic carbocycles. The van der Waals surface area contributed by atoms with Crippen molar-refractivity contribution in [2.45, 2.75) is 56.8 Å². The van der Waals surface area contributed by atoms with E-state index in [9.17, 15) is 0 Å².